The predicted molar refractivity (Wildman–Crippen MR) is 86.0 cm³/mol. The second-order valence-electron chi connectivity index (χ2n) is 6.22. The summed E-state index contributed by atoms with van der Waals surface area (Å²) in [7, 11) is 0. The third-order valence-electron chi connectivity index (χ3n) is 4.08. The molecule has 1 aliphatic carbocycles. The number of nitrogens with one attached hydrogen (secondary N) is 2. The van der Waals surface area contributed by atoms with Crippen molar-refractivity contribution >= 4 is 17.3 Å². The molecule has 6 heteroatoms. The van der Waals surface area contributed by atoms with E-state index in [0.717, 1.165) is 19.4 Å². The lowest BCUT2D eigenvalue weighted by molar-refractivity contribution is -0.120. The molecule has 0 spiro atoms. The van der Waals surface area contributed by atoms with E-state index in [1.54, 1.807) is 12.1 Å². The van der Waals surface area contributed by atoms with Crippen LogP contribution in [0.2, 0.25) is 0 Å². The Morgan fingerprint density at radius 2 is 2.22 bits per heavy atom. The third kappa shape index (κ3) is 5.18. The number of anilines is 2. The number of benzene rings is 1. The summed E-state index contributed by atoms with van der Waals surface area (Å²) in [6.07, 6.45) is 4.59. The fourth-order valence-corrected chi connectivity index (χ4v) is 2.57. The fraction of sp³-hybridized carbons (Fsp3) is 0.588. The topological polar surface area (TPSA) is 59.6 Å². The molecule has 0 unspecified atom stereocenters. The molecule has 0 radical (unpaired) electrons. The number of halogens is 1. The van der Waals surface area contributed by atoms with Gasteiger partial charge in [-0.05, 0) is 49.8 Å². The Kier molecular flexibility index (Phi) is 5.46. The van der Waals surface area contributed by atoms with Gasteiger partial charge in [-0.1, -0.05) is 0 Å². The molecule has 1 aromatic rings. The molecule has 1 saturated carbocycles. The van der Waals surface area contributed by atoms with Crippen molar-refractivity contribution < 1.29 is 18.7 Å². The van der Waals surface area contributed by atoms with Crippen molar-refractivity contribution in [2.75, 3.05) is 37.0 Å². The molecular formula is C17H23FN2O3. The minimum Gasteiger partial charge on any atom is -0.380 e. The molecule has 1 atom stereocenters. The zero-order chi connectivity index (χ0) is 16.1. The van der Waals surface area contributed by atoms with Gasteiger partial charge in [0.15, 0.2) is 0 Å². The number of carbonyl (C=O) groups excluding carboxylic acids is 1. The van der Waals surface area contributed by atoms with Gasteiger partial charge in [0.2, 0.25) is 5.91 Å². The molecule has 2 fully saturated rings. The van der Waals surface area contributed by atoms with Crippen molar-refractivity contribution in [3.63, 3.8) is 0 Å². The van der Waals surface area contributed by atoms with Gasteiger partial charge in [0, 0.05) is 18.8 Å². The SMILES string of the molecule is O=C(COCC1CC1)Nc1ccc(NC[C@H]2CCCO2)c(F)c1. The molecule has 126 valence electrons. The van der Waals surface area contributed by atoms with E-state index in [0.29, 0.717) is 30.4 Å². The van der Waals surface area contributed by atoms with E-state index in [1.165, 1.54) is 18.9 Å². The van der Waals surface area contributed by atoms with Crippen LogP contribution in [0.3, 0.4) is 0 Å². The van der Waals surface area contributed by atoms with Crippen LogP contribution in [0.4, 0.5) is 15.8 Å². The van der Waals surface area contributed by atoms with E-state index in [9.17, 15) is 9.18 Å². The van der Waals surface area contributed by atoms with Crippen LogP contribution in [0.15, 0.2) is 18.2 Å². The minimum absolute atomic E-state index is 0.0111. The van der Waals surface area contributed by atoms with E-state index in [2.05, 4.69) is 10.6 Å². The summed E-state index contributed by atoms with van der Waals surface area (Å²) in [5.41, 5.74) is 0.855. The van der Waals surface area contributed by atoms with Crippen molar-refractivity contribution in [3.8, 4) is 0 Å². The van der Waals surface area contributed by atoms with Crippen molar-refractivity contribution in [1.29, 1.82) is 0 Å². The molecule has 1 aliphatic heterocycles. The molecule has 2 aliphatic rings. The fourth-order valence-electron chi connectivity index (χ4n) is 2.57. The molecule has 5 nitrogen and oxygen atoms in total. The Bertz CT molecular complexity index is 543. The maximum Gasteiger partial charge on any atom is 0.250 e. The molecular weight excluding hydrogens is 299 g/mol. The molecule has 23 heavy (non-hydrogen) atoms. The molecule has 3 rings (SSSR count). The Hall–Kier alpha value is -1.66. The number of hydrogen-bond donors (Lipinski definition) is 2. The molecule has 0 bridgehead atoms. The lowest BCUT2D eigenvalue weighted by Crippen LogP contribution is -2.20. The average molecular weight is 322 g/mol. The molecule has 2 N–H and O–H groups in total. The highest BCUT2D eigenvalue weighted by Crippen LogP contribution is 2.28. The highest BCUT2D eigenvalue weighted by atomic mass is 19.1. The zero-order valence-corrected chi connectivity index (χ0v) is 13.1. The number of amides is 1. The summed E-state index contributed by atoms with van der Waals surface area (Å²) < 4.78 is 24.9. The van der Waals surface area contributed by atoms with Crippen molar-refractivity contribution in [1.82, 2.24) is 0 Å². The summed E-state index contributed by atoms with van der Waals surface area (Å²) >= 11 is 0. The second-order valence-corrected chi connectivity index (χ2v) is 6.22. The summed E-state index contributed by atoms with van der Waals surface area (Å²) in [5, 5.41) is 5.70. The molecule has 1 saturated heterocycles. The van der Waals surface area contributed by atoms with E-state index in [-0.39, 0.29) is 24.4 Å². The molecule has 1 heterocycles. The second kappa shape index (κ2) is 7.75. The van der Waals surface area contributed by atoms with Gasteiger partial charge >= 0.3 is 0 Å². The van der Waals surface area contributed by atoms with Crippen molar-refractivity contribution in [2.45, 2.75) is 31.8 Å². The number of ether oxygens (including phenoxy) is 2. The highest BCUT2D eigenvalue weighted by Gasteiger charge is 2.21. The summed E-state index contributed by atoms with van der Waals surface area (Å²) in [4.78, 5) is 11.7. The van der Waals surface area contributed by atoms with Gasteiger partial charge in [-0.2, -0.15) is 0 Å². The summed E-state index contributed by atoms with van der Waals surface area (Å²) in [6.45, 7) is 2.02. The Labute approximate surface area is 135 Å². The lowest BCUT2D eigenvalue weighted by Gasteiger charge is -2.13. The van der Waals surface area contributed by atoms with Crippen LogP contribution in [0, 0.1) is 11.7 Å². The van der Waals surface area contributed by atoms with Crippen LogP contribution in [-0.4, -0.2) is 38.4 Å². The van der Waals surface area contributed by atoms with Gasteiger partial charge in [0.05, 0.1) is 18.4 Å². The molecule has 1 aromatic carbocycles. The van der Waals surface area contributed by atoms with Gasteiger partial charge < -0.3 is 20.1 Å². The van der Waals surface area contributed by atoms with Crippen LogP contribution in [0.5, 0.6) is 0 Å². The van der Waals surface area contributed by atoms with Crippen LogP contribution in [0.1, 0.15) is 25.7 Å². The number of rotatable bonds is 8. The first-order valence-corrected chi connectivity index (χ1v) is 8.23. The van der Waals surface area contributed by atoms with Crippen LogP contribution in [-0.2, 0) is 14.3 Å². The van der Waals surface area contributed by atoms with Crippen molar-refractivity contribution in [3.05, 3.63) is 24.0 Å². The first kappa shape index (κ1) is 16.2. The van der Waals surface area contributed by atoms with Crippen LogP contribution >= 0.6 is 0 Å². The van der Waals surface area contributed by atoms with Gasteiger partial charge in [0.25, 0.3) is 0 Å². The van der Waals surface area contributed by atoms with Gasteiger partial charge in [0.1, 0.15) is 12.4 Å². The lowest BCUT2D eigenvalue weighted by atomic mass is 10.2. The smallest absolute Gasteiger partial charge is 0.250 e. The van der Waals surface area contributed by atoms with Crippen molar-refractivity contribution in [2.24, 2.45) is 5.92 Å². The van der Waals surface area contributed by atoms with Gasteiger partial charge in [-0.15, -0.1) is 0 Å². The first-order chi connectivity index (χ1) is 11.2. The average Bonchev–Trinajstić information content (AvgIpc) is 3.20. The van der Waals surface area contributed by atoms with Crippen LogP contribution in [0.25, 0.3) is 0 Å². The van der Waals surface area contributed by atoms with E-state index >= 15 is 0 Å². The van der Waals surface area contributed by atoms with Crippen LogP contribution < -0.4 is 10.6 Å². The minimum atomic E-state index is -0.389. The van der Waals surface area contributed by atoms with Gasteiger partial charge in [-0.3, -0.25) is 4.79 Å². The normalized spacial score (nSPS) is 20.5. The number of carbonyl (C=O) groups is 1. The van der Waals surface area contributed by atoms with E-state index in [4.69, 9.17) is 9.47 Å². The van der Waals surface area contributed by atoms with Gasteiger partial charge in [-0.25, -0.2) is 4.39 Å². The quantitative estimate of drug-likeness (QED) is 0.773. The van der Waals surface area contributed by atoms with E-state index in [1.807, 2.05) is 0 Å². The Morgan fingerprint density at radius 1 is 1.35 bits per heavy atom. The summed E-state index contributed by atoms with van der Waals surface area (Å²) in [6, 6.07) is 4.63. The Balaban J connectivity index is 1.44. The molecule has 0 aromatic heterocycles. The molecule has 1 amide bonds. The third-order valence-corrected chi connectivity index (χ3v) is 4.08. The Morgan fingerprint density at radius 3 is 2.91 bits per heavy atom. The maximum absolute atomic E-state index is 14.1. The zero-order valence-electron chi connectivity index (χ0n) is 13.1. The van der Waals surface area contributed by atoms with E-state index < -0.39 is 0 Å². The highest BCUT2D eigenvalue weighted by molar-refractivity contribution is 5.91. The first-order valence-electron chi connectivity index (χ1n) is 8.23. The maximum atomic E-state index is 14.1. The largest absolute Gasteiger partial charge is 0.380 e. The standard InChI is InChI=1S/C17H23FN2O3/c18-15-8-13(20-17(21)11-22-10-12-3-4-12)5-6-16(15)19-9-14-2-1-7-23-14/h5-6,8,12,14,19H,1-4,7,9-11H2,(H,20,21)/t14-/m1/s1. The monoisotopic (exact) mass is 322 g/mol. The summed E-state index contributed by atoms with van der Waals surface area (Å²) in [5.74, 6) is -0.0285. The predicted octanol–water partition coefficient (Wildman–Crippen LogP) is 2.78. The number of hydrogen-bond acceptors (Lipinski definition) is 4.